The topological polar surface area (TPSA) is 37.3 Å². The molecule has 0 bridgehead atoms. The predicted octanol–water partition coefficient (Wildman–Crippen LogP) is 5.85. The molecule has 0 aliphatic heterocycles. The summed E-state index contributed by atoms with van der Waals surface area (Å²) >= 11 is 3.24. The molecule has 2 nitrogen and oxygen atoms in total. The molecule has 0 spiro atoms. The highest BCUT2D eigenvalue weighted by Gasteiger charge is 2.66. The van der Waals surface area contributed by atoms with Crippen molar-refractivity contribution in [3.8, 4) is 0 Å². The third-order valence-electron chi connectivity index (χ3n) is 4.05. The van der Waals surface area contributed by atoms with Gasteiger partial charge in [-0.15, -0.1) is 0 Å². The average Bonchev–Trinajstić information content (AvgIpc) is 2.53. The number of carbonyl (C=O) groups is 1. The molecule has 1 atom stereocenters. The Hall–Kier alpha value is -2.29. The summed E-state index contributed by atoms with van der Waals surface area (Å²) in [6.07, 6.45) is -6.06. The number of carboxylic acids is 1. The molecule has 0 amide bonds. The SMILES string of the molecule is O=C(O)C(F)(c1c(F)cc2c(ccc3c(Br)cccc32)c1F)C(F)(F)F. The summed E-state index contributed by atoms with van der Waals surface area (Å²) in [7, 11) is 0. The summed E-state index contributed by atoms with van der Waals surface area (Å²) < 4.78 is 83.0. The Labute approximate surface area is 150 Å². The molecule has 9 heteroatoms. The Kier molecular flexibility index (Phi) is 4.18. The van der Waals surface area contributed by atoms with Gasteiger partial charge in [0, 0.05) is 9.86 Å². The Morgan fingerprint density at radius 1 is 0.923 bits per heavy atom. The highest BCUT2D eigenvalue weighted by molar-refractivity contribution is 9.10. The maximum atomic E-state index is 14.7. The fourth-order valence-corrected chi connectivity index (χ4v) is 3.31. The van der Waals surface area contributed by atoms with Crippen LogP contribution in [0.1, 0.15) is 5.56 Å². The Bertz CT molecular complexity index is 1060. The second kappa shape index (κ2) is 5.87. The van der Waals surface area contributed by atoms with Crippen molar-refractivity contribution in [2.75, 3.05) is 0 Å². The van der Waals surface area contributed by atoms with Crippen LogP contribution in [0.2, 0.25) is 0 Å². The van der Waals surface area contributed by atoms with Crippen LogP contribution >= 0.6 is 15.9 Å². The number of alkyl halides is 4. The van der Waals surface area contributed by atoms with Crippen molar-refractivity contribution in [3.63, 3.8) is 0 Å². The molecule has 136 valence electrons. The van der Waals surface area contributed by atoms with Gasteiger partial charge in [0.05, 0.1) is 5.56 Å². The second-order valence-corrected chi connectivity index (χ2v) is 6.36. The van der Waals surface area contributed by atoms with E-state index in [0.717, 1.165) is 6.07 Å². The van der Waals surface area contributed by atoms with Crippen molar-refractivity contribution >= 4 is 43.4 Å². The third-order valence-corrected chi connectivity index (χ3v) is 4.74. The first-order valence-corrected chi connectivity index (χ1v) is 7.78. The molecule has 0 aliphatic rings. The molecule has 3 rings (SSSR count). The largest absolute Gasteiger partial charge is 0.478 e. The number of hydrogen-bond acceptors (Lipinski definition) is 1. The van der Waals surface area contributed by atoms with Gasteiger partial charge in [0.2, 0.25) is 0 Å². The zero-order valence-corrected chi connectivity index (χ0v) is 14.1. The summed E-state index contributed by atoms with van der Waals surface area (Å²) in [5.74, 6) is -6.90. The molecule has 0 fully saturated rings. The van der Waals surface area contributed by atoms with Crippen LogP contribution in [0.15, 0.2) is 40.9 Å². The van der Waals surface area contributed by atoms with E-state index in [1.807, 2.05) is 0 Å². The lowest BCUT2D eigenvalue weighted by Gasteiger charge is -2.25. The lowest BCUT2D eigenvalue weighted by Crippen LogP contribution is -2.46. The van der Waals surface area contributed by atoms with E-state index in [0.29, 0.717) is 21.3 Å². The normalized spacial score (nSPS) is 14.6. The predicted molar refractivity (Wildman–Crippen MR) is 85.5 cm³/mol. The Morgan fingerprint density at radius 2 is 1.54 bits per heavy atom. The van der Waals surface area contributed by atoms with Gasteiger partial charge in [-0.2, -0.15) is 13.2 Å². The number of fused-ring (bicyclic) bond motifs is 3. The minimum atomic E-state index is -6.06. The third kappa shape index (κ3) is 2.45. The van der Waals surface area contributed by atoms with Crippen LogP contribution < -0.4 is 0 Å². The minimum Gasteiger partial charge on any atom is -0.478 e. The van der Waals surface area contributed by atoms with Crippen LogP contribution in [0.3, 0.4) is 0 Å². The van der Waals surface area contributed by atoms with E-state index >= 15 is 0 Å². The van der Waals surface area contributed by atoms with Crippen molar-refractivity contribution in [1.29, 1.82) is 0 Å². The molecule has 0 heterocycles. The van der Waals surface area contributed by atoms with Crippen molar-refractivity contribution < 1.29 is 36.2 Å². The molecule has 0 radical (unpaired) electrons. The maximum absolute atomic E-state index is 14.7. The van der Waals surface area contributed by atoms with E-state index in [2.05, 4.69) is 15.9 Å². The van der Waals surface area contributed by atoms with Gasteiger partial charge < -0.3 is 5.11 Å². The van der Waals surface area contributed by atoms with Gasteiger partial charge in [0.15, 0.2) is 0 Å². The lowest BCUT2D eigenvalue weighted by atomic mass is 9.90. The quantitative estimate of drug-likeness (QED) is 0.404. The number of hydrogen-bond donors (Lipinski definition) is 1. The summed E-state index contributed by atoms with van der Waals surface area (Å²) in [6.45, 7) is 0. The van der Waals surface area contributed by atoms with Crippen molar-refractivity contribution in [1.82, 2.24) is 0 Å². The Balaban J connectivity index is 2.48. The molecule has 0 saturated carbocycles. The van der Waals surface area contributed by atoms with E-state index in [-0.39, 0.29) is 5.39 Å². The molecule has 0 aliphatic carbocycles. The van der Waals surface area contributed by atoms with E-state index in [1.165, 1.54) is 12.1 Å². The van der Waals surface area contributed by atoms with Gasteiger partial charge in [-0.05, 0) is 28.3 Å². The van der Waals surface area contributed by atoms with Crippen LogP contribution in [-0.4, -0.2) is 17.3 Å². The molecule has 1 unspecified atom stereocenters. The van der Waals surface area contributed by atoms with E-state index < -0.39 is 40.4 Å². The number of aliphatic carboxylic acids is 1. The minimum absolute atomic E-state index is 0.113. The van der Waals surface area contributed by atoms with Crippen LogP contribution in [0.4, 0.5) is 26.3 Å². The summed E-state index contributed by atoms with van der Waals surface area (Å²) in [5, 5.41) is 8.89. The fraction of sp³-hybridized carbons (Fsp3) is 0.118. The number of carboxylic acid groups (broad SMARTS) is 1. The first-order valence-electron chi connectivity index (χ1n) is 6.98. The molecule has 0 saturated heterocycles. The standard InChI is InChI=1S/C17H7BrF6O2/c18-11-3-1-2-7-8(11)4-5-9-10(7)6-12(19)13(14(9)20)16(21,15(25)26)17(22,23)24/h1-6H,(H,25,26). The van der Waals surface area contributed by atoms with Crippen LogP contribution in [0.25, 0.3) is 21.5 Å². The van der Waals surface area contributed by atoms with Crippen molar-refractivity contribution in [3.05, 3.63) is 58.1 Å². The van der Waals surface area contributed by atoms with Crippen LogP contribution in [-0.2, 0) is 10.5 Å². The first kappa shape index (κ1) is 18.5. The summed E-state index contributed by atoms with van der Waals surface area (Å²) in [6, 6.07) is 7.56. The average molecular weight is 437 g/mol. The summed E-state index contributed by atoms with van der Waals surface area (Å²) in [4.78, 5) is 10.9. The van der Waals surface area contributed by atoms with Crippen molar-refractivity contribution in [2.24, 2.45) is 0 Å². The zero-order chi connectivity index (χ0) is 19.4. The van der Waals surface area contributed by atoms with Gasteiger partial charge in [0.25, 0.3) is 0 Å². The highest BCUT2D eigenvalue weighted by Crippen LogP contribution is 2.46. The number of halogens is 7. The molecule has 26 heavy (non-hydrogen) atoms. The van der Waals surface area contributed by atoms with E-state index in [9.17, 15) is 31.1 Å². The molecule has 0 aromatic heterocycles. The monoisotopic (exact) mass is 436 g/mol. The van der Waals surface area contributed by atoms with E-state index in [4.69, 9.17) is 5.11 Å². The summed E-state index contributed by atoms with van der Waals surface area (Å²) in [5.41, 5.74) is -7.42. The van der Waals surface area contributed by atoms with Gasteiger partial charge >= 0.3 is 17.8 Å². The van der Waals surface area contributed by atoms with Gasteiger partial charge in [-0.3, -0.25) is 0 Å². The van der Waals surface area contributed by atoms with Gasteiger partial charge in [-0.1, -0.05) is 40.2 Å². The fourth-order valence-electron chi connectivity index (χ4n) is 2.81. The molecule has 3 aromatic carbocycles. The molecular formula is C17H7BrF6O2. The smallest absolute Gasteiger partial charge is 0.438 e. The number of rotatable bonds is 2. The van der Waals surface area contributed by atoms with Gasteiger partial charge in [0.1, 0.15) is 11.6 Å². The van der Waals surface area contributed by atoms with Crippen molar-refractivity contribution in [2.45, 2.75) is 11.8 Å². The van der Waals surface area contributed by atoms with E-state index in [1.54, 1.807) is 12.1 Å². The lowest BCUT2D eigenvalue weighted by molar-refractivity contribution is -0.241. The highest BCUT2D eigenvalue weighted by atomic mass is 79.9. The molecule has 3 aromatic rings. The number of benzene rings is 3. The second-order valence-electron chi connectivity index (χ2n) is 5.50. The van der Waals surface area contributed by atoms with Crippen LogP contribution in [0.5, 0.6) is 0 Å². The zero-order valence-electron chi connectivity index (χ0n) is 12.5. The molecular weight excluding hydrogens is 430 g/mol. The Morgan fingerprint density at radius 3 is 2.12 bits per heavy atom. The van der Waals surface area contributed by atoms with Crippen LogP contribution in [0, 0.1) is 11.6 Å². The maximum Gasteiger partial charge on any atom is 0.438 e. The van der Waals surface area contributed by atoms with Gasteiger partial charge in [-0.25, -0.2) is 18.0 Å². The first-order chi connectivity index (χ1) is 12.0. The molecule has 1 N–H and O–H groups in total.